The smallest absolute Gasteiger partial charge is 0.212 e. The summed E-state index contributed by atoms with van der Waals surface area (Å²) in [5.41, 5.74) is 1.74. The van der Waals surface area contributed by atoms with Crippen LogP contribution in [0.1, 0.15) is 18.4 Å². The molecule has 1 aromatic carbocycles. The number of rotatable bonds is 3. The third-order valence-electron chi connectivity index (χ3n) is 2.69. The van der Waals surface area contributed by atoms with Crippen LogP contribution in [0.25, 0.3) is 16.2 Å². The Morgan fingerprint density at radius 2 is 2.06 bits per heavy atom. The molecule has 3 nitrogen and oxygen atoms in total. The van der Waals surface area contributed by atoms with E-state index < -0.39 is 0 Å². The number of halogens is 1. The zero-order valence-electron chi connectivity index (χ0n) is 9.93. The maximum absolute atomic E-state index is 12.8. The molecular formula is C13H12FN3S. The van der Waals surface area contributed by atoms with Gasteiger partial charge in [0.15, 0.2) is 0 Å². The van der Waals surface area contributed by atoms with Gasteiger partial charge in [-0.2, -0.15) is 5.10 Å². The summed E-state index contributed by atoms with van der Waals surface area (Å²) >= 11 is 1.61. The minimum atomic E-state index is -0.233. The van der Waals surface area contributed by atoms with E-state index in [1.54, 1.807) is 28.0 Å². The van der Waals surface area contributed by atoms with Crippen molar-refractivity contribution in [3.63, 3.8) is 0 Å². The van der Waals surface area contributed by atoms with Crippen LogP contribution >= 0.6 is 11.3 Å². The van der Waals surface area contributed by atoms with Crippen molar-refractivity contribution in [3.8, 4) is 11.3 Å². The molecule has 0 atom stereocenters. The second-order valence-corrected chi connectivity index (χ2v) is 5.15. The van der Waals surface area contributed by atoms with Crippen LogP contribution < -0.4 is 0 Å². The van der Waals surface area contributed by atoms with Gasteiger partial charge in [-0.15, -0.1) is 0 Å². The number of benzene rings is 1. The van der Waals surface area contributed by atoms with Crippen LogP contribution in [0.3, 0.4) is 0 Å². The van der Waals surface area contributed by atoms with Crippen molar-refractivity contribution in [1.82, 2.24) is 14.6 Å². The quantitative estimate of drug-likeness (QED) is 0.721. The second-order valence-electron chi connectivity index (χ2n) is 4.11. The van der Waals surface area contributed by atoms with Gasteiger partial charge in [0.25, 0.3) is 0 Å². The first kappa shape index (κ1) is 11.3. The molecule has 0 radical (unpaired) electrons. The van der Waals surface area contributed by atoms with Gasteiger partial charge >= 0.3 is 0 Å². The summed E-state index contributed by atoms with van der Waals surface area (Å²) in [5.74, 6) is -0.233. The van der Waals surface area contributed by atoms with Crippen molar-refractivity contribution in [1.29, 1.82) is 0 Å². The average Bonchev–Trinajstić information content (AvgIpc) is 2.88. The summed E-state index contributed by atoms with van der Waals surface area (Å²) in [5, 5.41) is 5.57. The predicted octanol–water partition coefficient (Wildman–Crippen LogP) is 3.55. The van der Waals surface area contributed by atoms with Crippen molar-refractivity contribution < 1.29 is 4.39 Å². The molecule has 0 aliphatic carbocycles. The molecule has 0 fully saturated rings. The zero-order valence-corrected chi connectivity index (χ0v) is 10.7. The van der Waals surface area contributed by atoms with Crippen molar-refractivity contribution in [2.75, 3.05) is 0 Å². The Morgan fingerprint density at radius 3 is 2.72 bits per heavy atom. The van der Waals surface area contributed by atoms with Crippen LogP contribution in [0.5, 0.6) is 0 Å². The first-order valence-corrected chi connectivity index (χ1v) is 6.69. The van der Waals surface area contributed by atoms with Crippen LogP contribution in [0.2, 0.25) is 0 Å². The summed E-state index contributed by atoms with van der Waals surface area (Å²) in [6.07, 6.45) is 3.96. The summed E-state index contributed by atoms with van der Waals surface area (Å²) in [4.78, 5) is 5.40. The third kappa shape index (κ3) is 2.01. The molecule has 3 aromatic rings. The largest absolute Gasteiger partial charge is 0.217 e. The number of hydrogen-bond donors (Lipinski definition) is 0. The molecule has 5 heteroatoms. The number of nitrogens with zero attached hydrogens (tertiary/aromatic N) is 3. The van der Waals surface area contributed by atoms with Gasteiger partial charge in [-0.1, -0.05) is 18.3 Å². The fourth-order valence-electron chi connectivity index (χ4n) is 1.82. The van der Waals surface area contributed by atoms with Crippen molar-refractivity contribution in [2.45, 2.75) is 19.8 Å². The highest BCUT2D eigenvalue weighted by Gasteiger charge is 2.09. The lowest BCUT2D eigenvalue weighted by molar-refractivity contribution is 0.628. The molecule has 0 unspecified atom stereocenters. The predicted molar refractivity (Wildman–Crippen MR) is 70.3 cm³/mol. The normalized spacial score (nSPS) is 11.2. The molecule has 18 heavy (non-hydrogen) atoms. The first-order valence-electron chi connectivity index (χ1n) is 5.87. The molecule has 0 amide bonds. The summed E-state index contributed by atoms with van der Waals surface area (Å²) in [6.45, 7) is 2.13. The van der Waals surface area contributed by atoms with Crippen LogP contribution in [-0.2, 0) is 6.42 Å². The molecule has 3 rings (SSSR count). The molecule has 92 valence electrons. The van der Waals surface area contributed by atoms with E-state index in [4.69, 9.17) is 0 Å². The van der Waals surface area contributed by atoms with E-state index >= 15 is 0 Å². The standard InChI is InChI=1S/C13H12FN3S/c1-2-3-12-16-17-8-11(15-13(17)18-12)9-4-6-10(14)7-5-9/h4-8H,2-3H2,1H3. The lowest BCUT2D eigenvalue weighted by atomic mass is 10.2. The highest BCUT2D eigenvalue weighted by molar-refractivity contribution is 7.16. The van der Waals surface area contributed by atoms with Crippen molar-refractivity contribution in [3.05, 3.63) is 41.3 Å². The molecule has 0 bridgehead atoms. The fourth-order valence-corrected chi connectivity index (χ4v) is 2.79. The van der Waals surface area contributed by atoms with Crippen molar-refractivity contribution >= 4 is 16.3 Å². The monoisotopic (exact) mass is 261 g/mol. The minimum Gasteiger partial charge on any atom is -0.217 e. The van der Waals surface area contributed by atoms with Gasteiger partial charge in [0.2, 0.25) is 4.96 Å². The molecule has 2 aromatic heterocycles. The van der Waals surface area contributed by atoms with Gasteiger partial charge in [0, 0.05) is 12.0 Å². The Morgan fingerprint density at radius 1 is 1.28 bits per heavy atom. The molecule has 2 heterocycles. The lowest BCUT2D eigenvalue weighted by Gasteiger charge is -1.94. The van der Waals surface area contributed by atoms with E-state index in [0.29, 0.717) is 0 Å². The van der Waals surface area contributed by atoms with Crippen LogP contribution in [0, 0.1) is 5.82 Å². The average molecular weight is 261 g/mol. The third-order valence-corrected chi connectivity index (χ3v) is 3.67. The van der Waals surface area contributed by atoms with Gasteiger partial charge in [-0.05, 0) is 30.7 Å². The molecule has 0 N–H and O–H groups in total. The van der Waals surface area contributed by atoms with E-state index in [1.165, 1.54) is 12.1 Å². The summed E-state index contributed by atoms with van der Waals surface area (Å²) in [7, 11) is 0. The zero-order chi connectivity index (χ0) is 12.5. The van der Waals surface area contributed by atoms with Crippen LogP contribution in [-0.4, -0.2) is 14.6 Å². The van der Waals surface area contributed by atoms with Gasteiger partial charge in [-0.3, -0.25) is 0 Å². The molecular weight excluding hydrogens is 249 g/mol. The highest BCUT2D eigenvalue weighted by atomic mass is 32.1. The van der Waals surface area contributed by atoms with Gasteiger partial charge < -0.3 is 0 Å². The van der Waals surface area contributed by atoms with E-state index in [1.807, 2.05) is 6.20 Å². The SMILES string of the molecule is CCCc1nn2cc(-c3ccc(F)cc3)nc2s1. The number of aromatic nitrogens is 3. The van der Waals surface area contributed by atoms with E-state index in [0.717, 1.165) is 34.1 Å². The van der Waals surface area contributed by atoms with E-state index in [-0.39, 0.29) is 5.82 Å². The molecule has 0 saturated carbocycles. The van der Waals surface area contributed by atoms with Crippen LogP contribution in [0.15, 0.2) is 30.5 Å². The molecule has 0 aliphatic heterocycles. The number of aryl methyl sites for hydroxylation is 1. The minimum absolute atomic E-state index is 0.233. The summed E-state index contributed by atoms with van der Waals surface area (Å²) in [6, 6.07) is 6.35. The Balaban J connectivity index is 1.98. The highest BCUT2D eigenvalue weighted by Crippen LogP contribution is 2.22. The Labute approximate surface area is 108 Å². The van der Waals surface area contributed by atoms with Gasteiger partial charge in [0.1, 0.15) is 10.8 Å². The number of hydrogen-bond acceptors (Lipinski definition) is 3. The number of fused-ring (bicyclic) bond motifs is 1. The Bertz CT molecular complexity index is 638. The maximum atomic E-state index is 12.8. The summed E-state index contributed by atoms with van der Waals surface area (Å²) < 4.78 is 14.6. The van der Waals surface area contributed by atoms with Crippen LogP contribution in [0.4, 0.5) is 4.39 Å². The van der Waals surface area contributed by atoms with E-state index in [2.05, 4.69) is 17.0 Å². The maximum Gasteiger partial charge on any atom is 0.212 e. The molecule has 0 saturated heterocycles. The van der Waals surface area contributed by atoms with Gasteiger partial charge in [-0.25, -0.2) is 13.9 Å². The number of imidazole rings is 1. The molecule has 0 aliphatic rings. The van der Waals surface area contributed by atoms with Crippen molar-refractivity contribution in [2.24, 2.45) is 0 Å². The Hall–Kier alpha value is -1.75. The van der Waals surface area contributed by atoms with E-state index in [9.17, 15) is 4.39 Å². The second kappa shape index (κ2) is 4.49. The lowest BCUT2D eigenvalue weighted by Crippen LogP contribution is -1.85. The Kier molecular flexibility index (Phi) is 2.83. The molecule has 0 spiro atoms. The van der Waals surface area contributed by atoms with Gasteiger partial charge in [0.05, 0.1) is 11.9 Å². The first-order chi connectivity index (χ1) is 8.76. The topological polar surface area (TPSA) is 30.2 Å². The fraction of sp³-hybridized carbons (Fsp3) is 0.231.